The zero-order chi connectivity index (χ0) is 14.9. The molecule has 2 aromatic rings. The van der Waals surface area contributed by atoms with E-state index < -0.39 is 0 Å². The van der Waals surface area contributed by atoms with Gasteiger partial charge in [0, 0.05) is 19.5 Å². The highest BCUT2D eigenvalue weighted by Gasteiger charge is 2.33. The second kappa shape index (κ2) is 5.75. The molecule has 1 amide bonds. The van der Waals surface area contributed by atoms with Crippen LogP contribution in [0, 0.1) is 5.92 Å². The van der Waals surface area contributed by atoms with E-state index in [0.29, 0.717) is 11.8 Å². The third-order valence-corrected chi connectivity index (χ3v) is 5.27. The largest absolute Gasteiger partial charge is 0.342 e. The van der Waals surface area contributed by atoms with Crippen LogP contribution in [-0.2, 0) is 4.79 Å². The zero-order valence-corrected chi connectivity index (χ0v) is 12.9. The summed E-state index contributed by atoms with van der Waals surface area (Å²) in [6.45, 7) is 1.65. The van der Waals surface area contributed by atoms with Crippen LogP contribution < -0.4 is 0 Å². The Hall–Kier alpha value is -1.84. The number of hydrogen-bond donors (Lipinski definition) is 1. The normalized spacial score (nSPS) is 19.7. The first-order valence-corrected chi connectivity index (χ1v) is 8.52. The van der Waals surface area contributed by atoms with Crippen molar-refractivity contribution < 1.29 is 4.79 Å². The lowest BCUT2D eigenvalue weighted by atomic mass is 9.96. The molecular weight excluding hydrogens is 274 g/mol. The Morgan fingerprint density at radius 3 is 2.77 bits per heavy atom. The van der Waals surface area contributed by atoms with E-state index in [0.717, 1.165) is 48.7 Å². The van der Waals surface area contributed by atoms with Crippen molar-refractivity contribution in [2.75, 3.05) is 13.1 Å². The Labute approximate surface area is 130 Å². The van der Waals surface area contributed by atoms with Crippen LogP contribution in [0.4, 0.5) is 0 Å². The van der Waals surface area contributed by atoms with Crippen molar-refractivity contribution >= 4 is 16.9 Å². The van der Waals surface area contributed by atoms with E-state index in [2.05, 4.69) is 16.0 Å². The fourth-order valence-electron chi connectivity index (χ4n) is 3.81. The van der Waals surface area contributed by atoms with Crippen LogP contribution in [0.2, 0.25) is 0 Å². The van der Waals surface area contributed by atoms with Gasteiger partial charge in [0.25, 0.3) is 0 Å². The molecule has 4 heteroatoms. The van der Waals surface area contributed by atoms with Crippen LogP contribution in [0.5, 0.6) is 0 Å². The summed E-state index contributed by atoms with van der Waals surface area (Å²) in [5.74, 6) is 2.54. The molecule has 116 valence electrons. The third-order valence-electron chi connectivity index (χ3n) is 5.27. The third kappa shape index (κ3) is 2.62. The SMILES string of the molecule is O=C(CCC1CCCC1)N1CC(c2nc3ccccc3[nH]2)C1. The molecule has 0 spiro atoms. The lowest BCUT2D eigenvalue weighted by Gasteiger charge is -2.38. The van der Waals surface area contributed by atoms with Crippen molar-refractivity contribution in [2.45, 2.75) is 44.4 Å². The van der Waals surface area contributed by atoms with Crippen LogP contribution in [0.1, 0.15) is 50.3 Å². The number of aromatic nitrogens is 2. The second-order valence-corrected chi connectivity index (χ2v) is 6.82. The number of amides is 1. The van der Waals surface area contributed by atoms with Gasteiger partial charge in [-0.2, -0.15) is 0 Å². The Bertz CT molecular complexity index is 633. The minimum atomic E-state index is 0.333. The first-order valence-electron chi connectivity index (χ1n) is 8.52. The number of nitrogens with one attached hydrogen (secondary N) is 1. The summed E-state index contributed by atoms with van der Waals surface area (Å²) < 4.78 is 0. The summed E-state index contributed by atoms with van der Waals surface area (Å²) in [6, 6.07) is 8.10. The van der Waals surface area contributed by atoms with Gasteiger partial charge in [-0.3, -0.25) is 4.79 Å². The van der Waals surface area contributed by atoms with Crippen LogP contribution >= 0.6 is 0 Å². The maximum Gasteiger partial charge on any atom is 0.222 e. The molecule has 1 aliphatic heterocycles. The first-order chi connectivity index (χ1) is 10.8. The van der Waals surface area contributed by atoms with Crippen molar-refractivity contribution in [1.29, 1.82) is 0 Å². The number of benzene rings is 1. The number of H-pyrrole nitrogens is 1. The molecule has 22 heavy (non-hydrogen) atoms. The average molecular weight is 297 g/mol. The zero-order valence-electron chi connectivity index (χ0n) is 12.9. The summed E-state index contributed by atoms with van der Waals surface area (Å²) >= 11 is 0. The minimum Gasteiger partial charge on any atom is -0.342 e. The van der Waals surface area contributed by atoms with Gasteiger partial charge in [0.1, 0.15) is 5.82 Å². The topological polar surface area (TPSA) is 49.0 Å². The maximum absolute atomic E-state index is 12.2. The second-order valence-electron chi connectivity index (χ2n) is 6.82. The maximum atomic E-state index is 12.2. The van der Waals surface area contributed by atoms with E-state index in [1.807, 2.05) is 23.1 Å². The molecular formula is C18H23N3O. The Morgan fingerprint density at radius 1 is 1.23 bits per heavy atom. The van der Waals surface area contributed by atoms with Gasteiger partial charge in [0.2, 0.25) is 5.91 Å². The molecule has 1 saturated heterocycles. The highest BCUT2D eigenvalue weighted by atomic mass is 16.2. The molecule has 1 saturated carbocycles. The van der Waals surface area contributed by atoms with Gasteiger partial charge in [-0.25, -0.2) is 4.98 Å². The molecule has 1 aromatic heterocycles. The lowest BCUT2D eigenvalue weighted by molar-refractivity contribution is -0.136. The summed E-state index contributed by atoms with van der Waals surface area (Å²) in [7, 11) is 0. The molecule has 0 radical (unpaired) electrons. The number of imidazole rings is 1. The van der Waals surface area contributed by atoms with Crippen molar-refractivity contribution in [1.82, 2.24) is 14.9 Å². The molecule has 2 aliphatic rings. The molecule has 1 N–H and O–H groups in total. The quantitative estimate of drug-likeness (QED) is 0.939. The smallest absolute Gasteiger partial charge is 0.222 e. The number of rotatable bonds is 4. The molecule has 1 aromatic carbocycles. The number of aromatic amines is 1. The van der Waals surface area contributed by atoms with Crippen molar-refractivity contribution in [3.63, 3.8) is 0 Å². The molecule has 0 bridgehead atoms. The summed E-state index contributed by atoms with van der Waals surface area (Å²) in [5.41, 5.74) is 2.10. The predicted molar refractivity (Wildman–Crippen MR) is 86.6 cm³/mol. The van der Waals surface area contributed by atoms with E-state index in [-0.39, 0.29) is 0 Å². The number of hydrogen-bond acceptors (Lipinski definition) is 2. The highest BCUT2D eigenvalue weighted by Crippen LogP contribution is 2.31. The fourth-order valence-corrected chi connectivity index (χ4v) is 3.81. The minimum absolute atomic E-state index is 0.333. The van der Waals surface area contributed by atoms with Gasteiger partial charge in [-0.05, 0) is 24.5 Å². The number of nitrogens with zero attached hydrogens (tertiary/aromatic N) is 2. The van der Waals surface area contributed by atoms with E-state index in [4.69, 9.17) is 0 Å². The van der Waals surface area contributed by atoms with Crippen molar-refractivity contribution in [3.8, 4) is 0 Å². The standard InChI is InChI=1S/C18H23N3O/c22-17(10-9-13-5-1-2-6-13)21-11-14(12-21)18-19-15-7-3-4-8-16(15)20-18/h3-4,7-8,13-14H,1-2,5-6,9-12H2,(H,19,20). The summed E-state index contributed by atoms with van der Waals surface area (Å²) in [6.07, 6.45) is 7.19. The number of carbonyl (C=O) groups is 1. The molecule has 4 nitrogen and oxygen atoms in total. The predicted octanol–water partition coefficient (Wildman–Crippen LogP) is 3.46. The first kappa shape index (κ1) is 13.8. The van der Waals surface area contributed by atoms with Crippen LogP contribution in [0.15, 0.2) is 24.3 Å². The van der Waals surface area contributed by atoms with Gasteiger partial charge in [0.15, 0.2) is 0 Å². The average Bonchev–Trinajstić information content (AvgIpc) is 3.12. The molecule has 2 fully saturated rings. The van der Waals surface area contributed by atoms with E-state index in [1.165, 1.54) is 25.7 Å². The highest BCUT2D eigenvalue weighted by molar-refractivity contribution is 5.78. The van der Waals surface area contributed by atoms with Crippen LogP contribution in [-0.4, -0.2) is 33.9 Å². The monoisotopic (exact) mass is 297 g/mol. The van der Waals surface area contributed by atoms with E-state index in [1.54, 1.807) is 0 Å². The van der Waals surface area contributed by atoms with Crippen LogP contribution in [0.3, 0.4) is 0 Å². The Kier molecular flexibility index (Phi) is 3.60. The van der Waals surface area contributed by atoms with Crippen molar-refractivity contribution in [2.24, 2.45) is 5.92 Å². The number of para-hydroxylation sites is 2. The van der Waals surface area contributed by atoms with Gasteiger partial charge >= 0.3 is 0 Å². The summed E-state index contributed by atoms with van der Waals surface area (Å²) in [5, 5.41) is 0. The fraction of sp³-hybridized carbons (Fsp3) is 0.556. The Morgan fingerprint density at radius 2 is 2.00 bits per heavy atom. The van der Waals surface area contributed by atoms with Gasteiger partial charge in [-0.1, -0.05) is 37.8 Å². The van der Waals surface area contributed by atoms with Crippen LogP contribution in [0.25, 0.3) is 11.0 Å². The van der Waals surface area contributed by atoms with Gasteiger partial charge < -0.3 is 9.88 Å². The van der Waals surface area contributed by atoms with E-state index >= 15 is 0 Å². The molecule has 2 heterocycles. The number of fused-ring (bicyclic) bond motifs is 1. The number of likely N-dealkylation sites (tertiary alicyclic amines) is 1. The molecule has 0 atom stereocenters. The van der Waals surface area contributed by atoms with E-state index in [9.17, 15) is 4.79 Å². The van der Waals surface area contributed by atoms with Gasteiger partial charge in [-0.15, -0.1) is 0 Å². The Balaban J connectivity index is 1.30. The molecule has 4 rings (SSSR count). The molecule has 0 unspecified atom stereocenters. The number of carbonyl (C=O) groups excluding carboxylic acids is 1. The van der Waals surface area contributed by atoms with Crippen molar-refractivity contribution in [3.05, 3.63) is 30.1 Å². The molecule has 1 aliphatic carbocycles. The lowest BCUT2D eigenvalue weighted by Crippen LogP contribution is -2.48. The summed E-state index contributed by atoms with van der Waals surface area (Å²) in [4.78, 5) is 22.2. The van der Waals surface area contributed by atoms with Gasteiger partial charge in [0.05, 0.1) is 17.0 Å².